The summed E-state index contributed by atoms with van der Waals surface area (Å²) < 4.78 is 24.3. The molecule has 4 N–H and O–H groups in total. The molecule has 1 unspecified atom stereocenters. The van der Waals surface area contributed by atoms with E-state index in [0.29, 0.717) is 74.9 Å². The summed E-state index contributed by atoms with van der Waals surface area (Å²) in [5.74, 6) is 0.0313. The van der Waals surface area contributed by atoms with Crippen LogP contribution in [0, 0.1) is 37.0 Å². The van der Waals surface area contributed by atoms with Crippen LogP contribution in [0.3, 0.4) is 0 Å². The number of β-amino-alcohol motifs (C(OH)–C–C–N with tert-alkyl or cyclic N) is 1. The van der Waals surface area contributed by atoms with E-state index in [4.69, 9.17) is 28.7 Å². The van der Waals surface area contributed by atoms with Gasteiger partial charge < -0.3 is 59.2 Å². The summed E-state index contributed by atoms with van der Waals surface area (Å²) in [7, 11) is 0. The number of ether oxygens (including phenoxy) is 3. The van der Waals surface area contributed by atoms with Gasteiger partial charge in [-0.25, -0.2) is 4.98 Å². The zero-order valence-electron chi connectivity index (χ0n) is 47.0. The van der Waals surface area contributed by atoms with Gasteiger partial charge in [0.25, 0.3) is 0 Å². The van der Waals surface area contributed by atoms with Crippen molar-refractivity contribution >= 4 is 51.3 Å². The molecule has 0 radical (unpaired) electrons. The van der Waals surface area contributed by atoms with Gasteiger partial charge in [-0.15, -0.1) is 11.3 Å². The van der Waals surface area contributed by atoms with Crippen LogP contribution in [0.2, 0.25) is 0 Å². The van der Waals surface area contributed by atoms with Gasteiger partial charge in [-0.05, 0) is 68.2 Å². The predicted octanol–water partition coefficient (Wildman–Crippen LogP) is 6.26. The lowest BCUT2D eigenvalue weighted by Crippen LogP contribution is -2.55. The van der Waals surface area contributed by atoms with Gasteiger partial charge in [-0.3, -0.25) is 14.4 Å². The van der Waals surface area contributed by atoms with E-state index in [-0.39, 0.29) is 93.4 Å². The Morgan fingerprint density at radius 1 is 0.988 bits per heavy atom. The molecule has 7 heterocycles. The van der Waals surface area contributed by atoms with Crippen molar-refractivity contribution in [1.82, 2.24) is 40.5 Å². The van der Waals surface area contributed by atoms with E-state index in [9.17, 15) is 29.9 Å². The summed E-state index contributed by atoms with van der Waals surface area (Å²) in [5.41, 5.74) is 8.03. The monoisotopic (exact) mass is 1140 g/mol. The van der Waals surface area contributed by atoms with Crippen molar-refractivity contribution in [1.29, 1.82) is 5.26 Å². The molecule has 0 aliphatic carbocycles. The highest BCUT2D eigenvalue weighted by atomic mass is 32.1. The molecule has 3 fully saturated rings. The molecule has 0 spiro atoms. The number of aliphatic hydroxyl groups is 2. The van der Waals surface area contributed by atoms with Crippen molar-refractivity contribution in [2.75, 3.05) is 75.5 Å². The summed E-state index contributed by atoms with van der Waals surface area (Å²) in [6.07, 6.45) is 2.12. The van der Waals surface area contributed by atoms with Crippen molar-refractivity contribution in [3.63, 3.8) is 0 Å². The molecule has 3 aromatic carbocycles. The SMILES string of the molecule is C=CC(=O)N1CCN(c2nc(OCC[C@@H]3C[C@@H](C(O)COCCOc4cc(-c5scnc5C)ccc4CNC(=O)[C@@H]4C[C@@H](O)CN4C(=O)[C@H](c4cc(C)no4)C(C)C)CN3)nc3c2CCN(c2cccc4ccccc24)C3)C[C@@H]1CC#N. The molecular weight excluding hydrogens is 1060 g/mol. The van der Waals surface area contributed by atoms with Crippen LogP contribution in [0.1, 0.15) is 79.4 Å². The first-order valence-electron chi connectivity index (χ1n) is 28.4. The van der Waals surface area contributed by atoms with Crippen molar-refractivity contribution in [2.45, 2.75) is 109 Å². The number of nitrogens with zero attached hydrogens (tertiary/aromatic N) is 9. The van der Waals surface area contributed by atoms with Gasteiger partial charge >= 0.3 is 6.01 Å². The Balaban J connectivity index is 0.732. The number of thiazole rings is 1. The number of rotatable bonds is 22. The number of carbonyl (C=O) groups excluding carboxylic acids is 3. The number of anilines is 2. The Morgan fingerprint density at radius 3 is 2.61 bits per heavy atom. The average Bonchev–Trinajstić information content (AvgIpc) is 4.48. The number of fused-ring (bicyclic) bond motifs is 2. The molecule has 21 heteroatoms. The number of hydrogen-bond acceptors (Lipinski definition) is 18. The van der Waals surface area contributed by atoms with E-state index < -0.39 is 24.2 Å². The molecule has 7 atom stereocenters. The number of benzene rings is 3. The smallest absolute Gasteiger partial charge is 0.318 e. The molecule has 82 heavy (non-hydrogen) atoms. The standard InChI is InChI=1S/C61H73N11O9S/c1-6-55(75)71-22-21-70(32-45(71)16-19-62)58-48-17-20-69(50-13-9-11-40-10-7-8-12-47(40)50)34-49(48)66-61(67-58)80-23-18-44-27-43(31-63-44)52(74)35-78-24-25-79-53-28-41(57-39(5)65-36-82-57)14-15-42(53)30-64-59(76)51-29-46(73)33-72(51)60(77)56(37(2)3)54-26-38(4)68-81-54/h6-15,26,28,36-37,43-46,51-52,56,63,73-74H,1,16-18,20-25,27,29-35H2,2-5H3,(H,64,76)/t43-,44-,45+,46-,51+,52?,56+/m1/s1. The quantitative estimate of drug-likeness (QED) is 0.0433. The Hall–Kier alpha value is -7.48. The molecule has 10 rings (SSSR count). The van der Waals surface area contributed by atoms with E-state index in [1.807, 2.05) is 45.0 Å². The molecule has 0 saturated carbocycles. The van der Waals surface area contributed by atoms with Crippen molar-refractivity contribution < 1.29 is 43.3 Å². The van der Waals surface area contributed by atoms with Gasteiger partial charge in [0.05, 0.1) is 84.6 Å². The van der Waals surface area contributed by atoms with Crippen molar-refractivity contribution in [3.8, 4) is 28.3 Å². The number of amides is 3. The number of aryl methyl sites for hydroxylation is 2. The molecule has 4 aliphatic rings. The fourth-order valence-corrected chi connectivity index (χ4v) is 12.8. The first kappa shape index (κ1) is 57.7. The molecule has 4 aliphatic heterocycles. The normalized spacial score (nSPS) is 20.6. The second kappa shape index (κ2) is 26.2. The maximum absolute atomic E-state index is 14.0. The first-order valence-corrected chi connectivity index (χ1v) is 29.3. The second-order valence-electron chi connectivity index (χ2n) is 22.1. The fraction of sp³-hybridized carbons (Fsp3) is 0.475. The molecule has 3 amide bonds. The van der Waals surface area contributed by atoms with Crippen LogP contribution in [0.4, 0.5) is 11.5 Å². The van der Waals surface area contributed by atoms with Crippen LogP contribution in [-0.2, 0) is 38.6 Å². The largest absolute Gasteiger partial charge is 0.491 e. The number of aromatic nitrogens is 4. The maximum Gasteiger partial charge on any atom is 0.318 e. The molecule has 20 nitrogen and oxygen atoms in total. The average molecular weight is 1140 g/mol. The van der Waals surface area contributed by atoms with Crippen LogP contribution in [0.5, 0.6) is 11.8 Å². The minimum absolute atomic E-state index is 0.0313. The molecule has 0 bridgehead atoms. The lowest BCUT2D eigenvalue weighted by molar-refractivity contribution is -0.141. The molecule has 3 saturated heterocycles. The Kier molecular flexibility index (Phi) is 18.4. The Morgan fingerprint density at radius 2 is 1.83 bits per heavy atom. The van der Waals surface area contributed by atoms with Crippen molar-refractivity contribution in [3.05, 3.63) is 119 Å². The number of piperazine rings is 1. The van der Waals surface area contributed by atoms with Gasteiger partial charge in [0.1, 0.15) is 35.9 Å². The van der Waals surface area contributed by atoms with Crippen LogP contribution >= 0.6 is 11.3 Å². The third kappa shape index (κ3) is 13.1. The Bertz CT molecular complexity index is 3280. The summed E-state index contributed by atoms with van der Waals surface area (Å²) >= 11 is 1.52. The van der Waals surface area contributed by atoms with Crippen LogP contribution in [0.15, 0.2) is 89.4 Å². The van der Waals surface area contributed by atoms with Crippen molar-refractivity contribution in [2.24, 2.45) is 11.8 Å². The Labute approximate surface area is 482 Å². The fourth-order valence-electron chi connectivity index (χ4n) is 12.0. The minimum atomic E-state index is -0.880. The summed E-state index contributed by atoms with van der Waals surface area (Å²) in [6.45, 7) is 15.6. The van der Waals surface area contributed by atoms with Gasteiger partial charge in [-0.1, -0.05) is 74.1 Å². The van der Waals surface area contributed by atoms with Crippen LogP contribution in [-0.4, -0.2) is 154 Å². The van der Waals surface area contributed by atoms with Gasteiger partial charge in [0.15, 0.2) is 0 Å². The predicted molar refractivity (Wildman–Crippen MR) is 310 cm³/mol. The summed E-state index contributed by atoms with van der Waals surface area (Å²) in [4.78, 5) is 63.9. The molecule has 6 aromatic rings. The van der Waals surface area contributed by atoms with E-state index in [1.165, 1.54) is 33.1 Å². The highest BCUT2D eigenvalue weighted by Gasteiger charge is 2.43. The number of nitrogens with one attached hydrogen (secondary N) is 2. The van der Waals surface area contributed by atoms with Gasteiger partial charge in [-0.2, -0.15) is 15.2 Å². The lowest BCUT2D eigenvalue weighted by Gasteiger charge is -2.42. The first-order chi connectivity index (χ1) is 39.8. The van der Waals surface area contributed by atoms with Crippen LogP contribution < -0.4 is 29.9 Å². The van der Waals surface area contributed by atoms with E-state index in [2.05, 4.69) is 79.6 Å². The number of hydrogen-bond donors (Lipinski definition) is 4. The third-order valence-electron chi connectivity index (χ3n) is 16.2. The summed E-state index contributed by atoms with van der Waals surface area (Å²) in [6, 6.07) is 23.7. The summed E-state index contributed by atoms with van der Waals surface area (Å²) in [5, 5.41) is 44.7. The third-order valence-corrected chi connectivity index (χ3v) is 17.2. The zero-order chi connectivity index (χ0) is 57.4. The van der Waals surface area contributed by atoms with E-state index >= 15 is 0 Å². The highest BCUT2D eigenvalue weighted by Crippen LogP contribution is 2.37. The lowest BCUT2D eigenvalue weighted by atomic mass is 9.91. The van der Waals surface area contributed by atoms with Gasteiger partial charge in [0.2, 0.25) is 17.7 Å². The number of carbonyl (C=O) groups is 3. The van der Waals surface area contributed by atoms with E-state index in [0.717, 1.165) is 51.9 Å². The van der Waals surface area contributed by atoms with Gasteiger partial charge in [0, 0.05) is 92.5 Å². The maximum atomic E-state index is 14.0. The molecule has 432 valence electrons. The minimum Gasteiger partial charge on any atom is -0.491 e. The number of aliphatic hydroxyl groups excluding tert-OH is 2. The number of nitriles is 1. The zero-order valence-corrected chi connectivity index (χ0v) is 47.9. The van der Waals surface area contributed by atoms with Crippen LogP contribution in [0.25, 0.3) is 21.2 Å². The number of likely N-dealkylation sites (tertiary alicyclic amines) is 1. The molecular formula is C61H73N11O9S. The molecule has 3 aromatic heterocycles. The second-order valence-corrected chi connectivity index (χ2v) is 23.0. The van der Waals surface area contributed by atoms with E-state index in [1.54, 1.807) is 23.4 Å². The topological polar surface area (TPSA) is 245 Å². The highest BCUT2D eigenvalue weighted by molar-refractivity contribution is 7.13.